The first-order valence-electron chi connectivity index (χ1n) is 9.09. The predicted molar refractivity (Wildman–Crippen MR) is 94.3 cm³/mol. The summed E-state index contributed by atoms with van der Waals surface area (Å²) in [6.07, 6.45) is 1.11. The zero-order valence-corrected chi connectivity index (χ0v) is 15.5. The van der Waals surface area contributed by atoms with E-state index < -0.39 is 5.60 Å². The van der Waals surface area contributed by atoms with Crippen molar-refractivity contribution in [1.29, 1.82) is 0 Å². The van der Waals surface area contributed by atoms with Gasteiger partial charge in [-0.15, -0.1) is 0 Å². The van der Waals surface area contributed by atoms with Crippen LogP contribution >= 0.6 is 0 Å². The maximum Gasteiger partial charge on any atom is 0.410 e. The molecule has 26 heavy (non-hydrogen) atoms. The van der Waals surface area contributed by atoms with Crippen molar-refractivity contribution in [2.45, 2.75) is 57.7 Å². The van der Waals surface area contributed by atoms with Gasteiger partial charge in [0.25, 0.3) is 0 Å². The fourth-order valence-corrected chi connectivity index (χ4v) is 3.74. The highest BCUT2D eigenvalue weighted by Crippen LogP contribution is 2.34. The van der Waals surface area contributed by atoms with E-state index in [9.17, 15) is 14.0 Å². The van der Waals surface area contributed by atoms with Gasteiger partial charge in [0, 0.05) is 12.3 Å². The van der Waals surface area contributed by atoms with Crippen LogP contribution in [0.15, 0.2) is 24.3 Å². The molecule has 0 N–H and O–H groups in total. The van der Waals surface area contributed by atoms with Crippen molar-refractivity contribution in [2.24, 2.45) is 5.92 Å². The monoisotopic (exact) mass is 363 g/mol. The molecular formula is C20H26FNO4. The number of fused-ring (bicyclic) bond motifs is 2. The van der Waals surface area contributed by atoms with Gasteiger partial charge in [0.05, 0.1) is 25.3 Å². The lowest BCUT2D eigenvalue weighted by molar-refractivity contribution is -0.131. The third-order valence-electron chi connectivity index (χ3n) is 4.87. The van der Waals surface area contributed by atoms with Crippen molar-refractivity contribution in [3.63, 3.8) is 0 Å². The van der Waals surface area contributed by atoms with Gasteiger partial charge in [-0.25, -0.2) is 9.18 Å². The van der Waals surface area contributed by atoms with Gasteiger partial charge in [-0.1, -0.05) is 12.1 Å². The van der Waals surface area contributed by atoms with Gasteiger partial charge in [0.1, 0.15) is 17.2 Å². The molecule has 1 aromatic rings. The highest BCUT2D eigenvalue weighted by atomic mass is 19.1. The molecule has 0 spiro atoms. The molecule has 2 atom stereocenters. The molecule has 2 aliphatic heterocycles. The number of carbonyl (C=O) groups excluding carboxylic acids is 2. The molecule has 2 fully saturated rings. The SMILES string of the molecule is CC(C)(C)OC(=O)N1C2COCC1CC(C(=O)Cc1ccc(F)cc1)C2. The Morgan fingerprint density at radius 2 is 1.73 bits per heavy atom. The van der Waals surface area contributed by atoms with Crippen LogP contribution in [-0.4, -0.2) is 47.7 Å². The quantitative estimate of drug-likeness (QED) is 0.826. The first-order valence-corrected chi connectivity index (χ1v) is 9.09. The van der Waals surface area contributed by atoms with Gasteiger partial charge >= 0.3 is 6.09 Å². The summed E-state index contributed by atoms with van der Waals surface area (Å²) < 4.78 is 24.2. The largest absolute Gasteiger partial charge is 0.444 e. The van der Waals surface area contributed by atoms with Crippen molar-refractivity contribution >= 4 is 11.9 Å². The Morgan fingerprint density at radius 3 is 2.27 bits per heavy atom. The number of Topliss-reactive ketones (excluding diaryl/α,β-unsaturated/α-hetero) is 1. The van der Waals surface area contributed by atoms with Crippen LogP contribution in [0.5, 0.6) is 0 Å². The minimum Gasteiger partial charge on any atom is -0.444 e. The van der Waals surface area contributed by atoms with E-state index in [1.54, 1.807) is 17.0 Å². The second-order valence-electron chi connectivity index (χ2n) is 8.17. The summed E-state index contributed by atoms with van der Waals surface area (Å²) in [6, 6.07) is 5.76. The Balaban J connectivity index is 1.66. The van der Waals surface area contributed by atoms with Crippen molar-refractivity contribution < 1.29 is 23.5 Å². The normalized spacial score (nSPS) is 25.7. The smallest absolute Gasteiger partial charge is 0.410 e. The molecule has 1 aromatic carbocycles. The molecule has 5 nitrogen and oxygen atoms in total. The molecule has 2 unspecified atom stereocenters. The van der Waals surface area contributed by atoms with E-state index in [0.717, 1.165) is 5.56 Å². The van der Waals surface area contributed by atoms with Crippen molar-refractivity contribution in [1.82, 2.24) is 4.90 Å². The molecule has 2 heterocycles. The van der Waals surface area contributed by atoms with Crippen LogP contribution in [0.4, 0.5) is 9.18 Å². The molecule has 0 aromatic heterocycles. The minimum absolute atomic E-state index is 0.113. The minimum atomic E-state index is -0.554. The summed E-state index contributed by atoms with van der Waals surface area (Å²) in [6.45, 7) is 6.38. The first-order chi connectivity index (χ1) is 12.2. The molecule has 0 saturated carbocycles. The number of hydrogen-bond donors (Lipinski definition) is 0. The Bertz CT molecular complexity index is 653. The fourth-order valence-electron chi connectivity index (χ4n) is 3.74. The van der Waals surface area contributed by atoms with Crippen molar-refractivity contribution in [3.8, 4) is 0 Å². The Labute approximate surface area is 153 Å². The molecule has 6 heteroatoms. The third-order valence-corrected chi connectivity index (χ3v) is 4.87. The summed E-state index contributed by atoms with van der Waals surface area (Å²) >= 11 is 0. The third kappa shape index (κ3) is 4.41. The number of morpholine rings is 1. The summed E-state index contributed by atoms with van der Waals surface area (Å²) in [5.74, 6) is -0.284. The molecule has 0 aliphatic carbocycles. The molecular weight excluding hydrogens is 337 g/mol. The van der Waals surface area contributed by atoms with Crippen molar-refractivity contribution in [3.05, 3.63) is 35.6 Å². The van der Waals surface area contributed by atoms with Crippen molar-refractivity contribution in [2.75, 3.05) is 13.2 Å². The molecule has 3 rings (SSSR count). The number of piperidine rings is 1. The zero-order valence-electron chi connectivity index (χ0n) is 15.5. The highest BCUT2D eigenvalue weighted by molar-refractivity contribution is 5.84. The van der Waals surface area contributed by atoms with E-state index in [2.05, 4.69) is 0 Å². The standard InChI is InChI=1S/C20H26FNO4/c1-20(2,3)26-19(24)22-16-9-14(10-17(22)12-25-11-16)18(23)8-13-4-6-15(21)7-5-13/h4-7,14,16-17H,8-12H2,1-3H3. The first kappa shape index (κ1) is 18.8. The van der Waals surface area contributed by atoms with Crippen LogP contribution in [0.2, 0.25) is 0 Å². The summed E-state index contributed by atoms with van der Waals surface area (Å²) in [7, 11) is 0. The number of ether oxygens (including phenoxy) is 2. The number of halogens is 1. The Morgan fingerprint density at radius 1 is 1.15 bits per heavy atom. The summed E-state index contributed by atoms with van der Waals surface area (Å²) in [4.78, 5) is 27.0. The molecule has 142 valence electrons. The van der Waals surface area contributed by atoms with Gasteiger partial charge in [0.2, 0.25) is 0 Å². The number of amides is 1. The van der Waals surface area contributed by atoms with E-state index in [0.29, 0.717) is 26.1 Å². The average Bonchev–Trinajstić information content (AvgIpc) is 2.54. The van der Waals surface area contributed by atoms with Crippen LogP contribution in [-0.2, 0) is 20.7 Å². The van der Waals surface area contributed by atoms with Gasteiger partial charge in [0.15, 0.2) is 0 Å². The van der Waals surface area contributed by atoms with Crippen LogP contribution in [0.25, 0.3) is 0 Å². The van der Waals surface area contributed by atoms with Gasteiger partial charge in [-0.2, -0.15) is 0 Å². The molecule has 0 radical (unpaired) electrons. The lowest BCUT2D eigenvalue weighted by Crippen LogP contribution is -2.60. The highest BCUT2D eigenvalue weighted by Gasteiger charge is 2.44. The lowest BCUT2D eigenvalue weighted by Gasteiger charge is -2.47. The predicted octanol–water partition coefficient (Wildman–Crippen LogP) is 3.35. The topological polar surface area (TPSA) is 55.8 Å². The zero-order chi connectivity index (χ0) is 18.9. The summed E-state index contributed by atoms with van der Waals surface area (Å²) in [5, 5.41) is 0. The van der Waals surface area contributed by atoms with E-state index in [-0.39, 0.29) is 42.1 Å². The fraction of sp³-hybridized carbons (Fsp3) is 0.600. The van der Waals surface area contributed by atoms with Crippen LogP contribution in [0, 0.1) is 11.7 Å². The Kier molecular flexibility index (Phi) is 5.32. The molecule has 2 aliphatic rings. The van der Waals surface area contributed by atoms with E-state index in [1.807, 2.05) is 20.8 Å². The molecule has 2 bridgehead atoms. The lowest BCUT2D eigenvalue weighted by atomic mass is 9.81. The maximum absolute atomic E-state index is 13.0. The van der Waals surface area contributed by atoms with E-state index in [4.69, 9.17) is 9.47 Å². The summed E-state index contributed by atoms with van der Waals surface area (Å²) in [5.41, 5.74) is 0.258. The van der Waals surface area contributed by atoms with Gasteiger partial charge in [-0.3, -0.25) is 9.69 Å². The number of ketones is 1. The van der Waals surface area contributed by atoms with Crippen LogP contribution in [0.3, 0.4) is 0 Å². The maximum atomic E-state index is 13.0. The number of carbonyl (C=O) groups is 2. The Hall–Kier alpha value is -1.95. The number of nitrogens with zero attached hydrogens (tertiary/aromatic N) is 1. The average molecular weight is 363 g/mol. The second kappa shape index (κ2) is 7.35. The molecule has 2 saturated heterocycles. The molecule has 1 amide bonds. The number of hydrogen-bond acceptors (Lipinski definition) is 4. The van der Waals surface area contributed by atoms with E-state index >= 15 is 0 Å². The van der Waals surface area contributed by atoms with Crippen LogP contribution < -0.4 is 0 Å². The van der Waals surface area contributed by atoms with Crippen LogP contribution in [0.1, 0.15) is 39.2 Å². The second-order valence-corrected chi connectivity index (χ2v) is 8.17. The van der Waals surface area contributed by atoms with Gasteiger partial charge in [-0.05, 0) is 51.3 Å². The van der Waals surface area contributed by atoms with E-state index in [1.165, 1.54) is 12.1 Å². The number of rotatable bonds is 3. The number of benzene rings is 1. The van der Waals surface area contributed by atoms with Gasteiger partial charge < -0.3 is 9.47 Å².